The highest BCUT2D eigenvalue weighted by molar-refractivity contribution is 6.31. The molecule has 5 heteroatoms. The molecule has 4 nitrogen and oxygen atoms in total. The van der Waals surface area contributed by atoms with Crippen LogP contribution < -0.4 is 16.0 Å². The molecule has 3 N–H and O–H groups in total. The van der Waals surface area contributed by atoms with Crippen LogP contribution in [0.4, 0.5) is 11.4 Å². The Balaban J connectivity index is 2.17. The number of nitrogens with one attached hydrogen (secondary N) is 1. The molecule has 0 radical (unpaired) electrons. The Bertz CT molecular complexity index is 504. The van der Waals surface area contributed by atoms with E-state index < -0.39 is 0 Å². The Hall–Kier alpha value is -1.26. The van der Waals surface area contributed by atoms with Crippen molar-refractivity contribution >= 4 is 28.9 Å². The van der Waals surface area contributed by atoms with Gasteiger partial charge in [0.2, 0.25) is 5.91 Å². The number of halogens is 1. The van der Waals surface area contributed by atoms with Gasteiger partial charge in [-0.25, -0.2) is 0 Å². The maximum atomic E-state index is 12.6. The Labute approximate surface area is 131 Å². The van der Waals surface area contributed by atoms with Gasteiger partial charge in [0.05, 0.1) is 11.4 Å². The van der Waals surface area contributed by atoms with Crippen LogP contribution in [0.3, 0.4) is 0 Å². The van der Waals surface area contributed by atoms with E-state index >= 15 is 0 Å². The fourth-order valence-corrected chi connectivity index (χ4v) is 3.23. The summed E-state index contributed by atoms with van der Waals surface area (Å²) in [6.45, 7) is 0.578. The highest BCUT2D eigenvalue weighted by Crippen LogP contribution is 2.33. The van der Waals surface area contributed by atoms with Crippen molar-refractivity contribution in [3.05, 3.63) is 23.2 Å². The molecule has 0 aliphatic heterocycles. The number of hydrogen-bond acceptors (Lipinski definition) is 3. The second-order valence-electron chi connectivity index (χ2n) is 5.93. The number of nitrogens with two attached hydrogens (primary N) is 1. The van der Waals surface area contributed by atoms with Gasteiger partial charge in [-0.3, -0.25) is 4.79 Å². The number of hydrogen-bond donors (Lipinski definition) is 2. The number of nitrogens with zero attached hydrogens (tertiary/aromatic N) is 1. The third kappa shape index (κ3) is 3.89. The van der Waals surface area contributed by atoms with Gasteiger partial charge in [0.1, 0.15) is 0 Å². The predicted octanol–water partition coefficient (Wildman–Crippen LogP) is 3.11. The molecule has 1 aromatic carbocycles. The average molecular weight is 310 g/mol. The summed E-state index contributed by atoms with van der Waals surface area (Å²) in [5.41, 5.74) is 7.53. The first-order chi connectivity index (χ1) is 10.0. The average Bonchev–Trinajstić information content (AvgIpc) is 2.46. The van der Waals surface area contributed by atoms with Crippen molar-refractivity contribution in [2.75, 3.05) is 30.9 Å². The maximum Gasteiger partial charge on any atom is 0.227 e. The van der Waals surface area contributed by atoms with E-state index in [0.717, 1.165) is 30.6 Å². The molecule has 116 valence electrons. The lowest BCUT2D eigenvalue weighted by atomic mass is 9.78. The largest absolute Gasteiger partial charge is 0.376 e. The molecule has 0 spiro atoms. The first-order valence-electron chi connectivity index (χ1n) is 7.50. The first-order valence-corrected chi connectivity index (χ1v) is 7.88. The Morgan fingerprint density at radius 1 is 1.38 bits per heavy atom. The first kappa shape index (κ1) is 16.1. The highest BCUT2D eigenvalue weighted by atomic mass is 35.5. The highest BCUT2D eigenvalue weighted by Gasteiger charge is 2.30. The molecule has 1 saturated carbocycles. The summed E-state index contributed by atoms with van der Waals surface area (Å²) in [4.78, 5) is 14.6. The summed E-state index contributed by atoms with van der Waals surface area (Å²) < 4.78 is 0. The molecule has 0 heterocycles. The molecule has 21 heavy (non-hydrogen) atoms. The van der Waals surface area contributed by atoms with Crippen LogP contribution in [0.5, 0.6) is 0 Å². The molecular weight excluding hydrogens is 286 g/mol. The van der Waals surface area contributed by atoms with Crippen molar-refractivity contribution in [3.8, 4) is 0 Å². The van der Waals surface area contributed by atoms with Gasteiger partial charge in [0.15, 0.2) is 0 Å². The van der Waals surface area contributed by atoms with Crippen LogP contribution in [-0.2, 0) is 4.79 Å². The van der Waals surface area contributed by atoms with Crippen LogP contribution >= 0.6 is 11.6 Å². The molecule has 2 rings (SSSR count). The van der Waals surface area contributed by atoms with Crippen LogP contribution in [0.15, 0.2) is 18.2 Å². The number of benzene rings is 1. The van der Waals surface area contributed by atoms with E-state index in [1.165, 1.54) is 6.42 Å². The molecular formula is C16H24ClN3O. The van der Waals surface area contributed by atoms with Gasteiger partial charge in [0.25, 0.3) is 0 Å². The van der Waals surface area contributed by atoms with Crippen molar-refractivity contribution in [3.63, 3.8) is 0 Å². The van der Waals surface area contributed by atoms with Gasteiger partial charge in [0, 0.05) is 25.0 Å². The smallest absolute Gasteiger partial charge is 0.227 e. The summed E-state index contributed by atoms with van der Waals surface area (Å²) in [6, 6.07) is 5.55. The summed E-state index contributed by atoms with van der Waals surface area (Å²) in [5, 5.41) is 3.67. The standard InChI is InChI=1S/C16H24ClN3O/c1-20(2)15-8-7-12(17)9-14(15)19-16(21)13-6-4-3-5-11(13)10-18/h7-9,11,13H,3-6,10,18H2,1-2H3,(H,19,21). The second-order valence-corrected chi connectivity index (χ2v) is 6.37. The minimum atomic E-state index is 0.0118. The topological polar surface area (TPSA) is 58.4 Å². The lowest BCUT2D eigenvalue weighted by molar-refractivity contribution is -0.122. The molecule has 1 aliphatic carbocycles. The number of rotatable bonds is 4. The molecule has 2 atom stereocenters. The molecule has 0 aromatic heterocycles. The van der Waals surface area contributed by atoms with Gasteiger partial charge in [-0.05, 0) is 43.5 Å². The SMILES string of the molecule is CN(C)c1ccc(Cl)cc1NC(=O)C1CCCCC1CN. The lowest BCUT2D eigenvalue weighted by Gasteiger charge is -2.30. The van der Waals surface area contributed by atoms with E-state index in [4.69, 9.17) is 17.3 Å². The van der Waals surface area contributed by atoms with E-state index in [-0.39, 0.29) is 11.8 Å². The normalized spacial score (nSPS) is 21.9. The molecule has 1 amide bonds. The van der Waals surface area contributed by atoms with E-state index in [1.807, 2.05) is 31.1 Å². The Morgan fingerprint density at radius 2 is 2.10 bits per heavy atom. The monoisotopic (exact) mass is 309 g/mol. The summed E-state index contributed by atoms with van der Waals surface area (Å²) in [5.74, 6) is 0.369. The summed E-state index contributed by atoms with van der Waals surface area (Å²) >= 11 is 6.06. The van der Waals surface area contributed by atoms with Crippen molar-refractivity contribution in [1.82, 2.24) is 0 Å². The zero-order chi connectivity index (χ0) is 15.4. The summed E-state index contributed by atoms with van der Waals surface area (Å²) in [7, 11) is 3.89. The molecule has 1 aromatic rings. The lowest BCUT2D eigenvalue weighted by Crippen LogP contribution is -2.35. The number of anilines is 2. The van der Waals surface area contributed by atoms with Gasteiger partial charge >= 0.3 is 0 Å². The molecule has 2 unspecified atom stereocenters. The van der Waals surface area contributed by atoms with E-state index in [1.54, 1.807) is 6.07 Å². The molecule has 0 bridgehead atoms. The third-order valence-electron chi connectivity index (χ3n) is 4.25. The fourth-order valence-electron chi connectivity index (χ4n) is 3.06. The number of carbonyl (C=O) groups excluding carboxylic acids is 1. The molecule has 0 saturated heterocycles. The molecule has 1 fully saturated rings. The van der Waals surface area contributed by atoms with Gasteiger partial charge in [-0.2, -0.15) is 0 Å². The van der Waals surface area contributed by atoms with Crippen LogP contribution in [0.1, 0.15) is 25.7 Å². The zero-order valence-corrected chi connectivity index (χ0v) is 13.5. The summed E-state index contributed by atoms with van der Waals surface area (Å²) in [6.07, 6.45) is 4.24. The van der Waals surface area contributed by atoms with Crippen molar-refractivity contribution in [2.45, 2.75) is 25.7 Å². The van der Waals surface area contributed by atoms with E-state index in [0.29, 0.717) is 17.5 Å². The fraction of sp³-hybridized carbons (Fsp3) is 0.562. The quantitative estimate of drug-likeness (QED) is 0.898. The van der Waals surface area contributed by atoms with Crippen LogP contribution in [0.2, 0.25) is 5.02 Å². The number of carbonyl (C=O) groups is 1. The number of amides is 1. The van der Waals surface area contributed by atoms with Crippen molar-refractivity contribution in [2.24, 2.45) is 17.6 Å². The van der Waals surface area contributed by atoms with Gasteiger partial charge < -0.3 is 16.0 Å². The van der Waals surface area contributed by atoms with Crippen LogP contribution in [0.25, 0.3) is 0 Å². The molecule has 1 aliphatic rings. The van der Waals surface area contributed by atoms with Crippen molar-refractivity contribution in [1.29, 1.82) is 0 Å². The Kier molecular flexibility index (Phi) is 5.48. The van der Waals surface area contributed by atoms with Gasteiger partial charge in [-0.15, -0.1) is 0 Å². The third-order valence-corrected chi connectivity index (χ3v) is 4.48. The second kappa shape index (κ2) is 7.14. The van der Waals surface area contributed by atoms with E-state index in [9.17, 15) is 4.79 Å². The minimum absolute atomic E-state index is 0.0118. The van der Waals surface area contributed by atoms with Crippen molar-refractivity contribution < 1.29 is 4.79 Å². The van der Waals surface area contributed by atoms with Crippen LogP contribution in [-0.4, -0.2) is 26.5 Å². The maximum absolute atomic E-state index is 12.6. The zero-order valence-electron chi connectivity index (χ0n) is 12.7. The van der Waals surface area contributed by atoms with E-state index in [2.05, 4.69) is 5.32 Å². The Morgan fingerprint density at radius 3 is 2.76 bits per heavy atom. The minimum Gasteiger partial charge on any atom is -0.376 e. The van der Waals surface area contributed by atoms with Crippen LogP contribution in [0, 0.1) is 11.8 Å². The predicted molar refractivity (Wildman–Crippen MR) is 88.9 cm³/mol. The van der Waals surface area contributed by atoms with Gasteiger partial charge in [-0.1, -0.05) is 24.4 Å².